The van der Waals surface area contributed by atoms with Crippen LogP contribution < -0.4 is 0 Å². The molecule has 11 heteroatoms. The maximum Gasteiger partial charge on any atom is 0.405 e. The molecular formula is C13H14ClF4NO4S. The number of rotatable bonds is 6. The van der Waals surface area contributed by atoms with Gasteiger partial charge in [0.05, 0.1) is 18.1 Å². The Morgan fingerprint density at radius 2 is 1.96 bits per heavy atom. The summed E-state index contributed by atoms with van der Waals surface area (Å²) in [5.74, 6) is -2.60. The molecule has 0 fully saturated rings. The van der Waals surface area contributed by atoms with Gasteiger partial charge in [-0.25, -0.2) is 12.8 Å². The number of alkyl halides is 3. The highest BCUT2D eigenvalue weighted by Crippen LogP contribution is 2.32. The largest absolute Gasteiger partial charge is 0.466 e. The minimum Gasteiger partial charge on any atom is -0.466 e. The fraction of sp³-hybridized carbons (Fsp3) is 0.462. The van der Waals surface area contributed by atoms with E-state index in [4.69, 9.17) is 11.6 Å². The number of hydrogen-bond acceptors (Lipinski definition) is 4. The van der Waals surface area contributed by atoms with Crippen molar-refractivity contribution in [2.75, 3.05) is 13.7 Å². The lowest BCUT2D eigenvalue weighted by Gasteiger charge is -2.28. The quantitative estimate of drug-likeness (QED) is 0.552. The molecule has 0 bridgehead atoms. The second kappa shape index (κ2) is 7.66. The minimum absolute atomic E-state index is 0.112. The van der Waals surface area contributed by atoms with E-state index in [2.05, 4.69) is 4.74 Å². The van der Waals surface area contributed by atoms with Crippen LogP contribution in [0.3, 0.4) is 0 Å². The van der Waals surface area contributed by atoms with Gasteiger partial charge in [0.25, 0.3) is 0 Å². The number of carbonyl (C=O) groups is 1. The van der Waals surface area contributed by atoms with E-state index in [1.165, 1.54) is 6.92 Å². The van der Waals surface area contributed by atoms with E-state index in [-0.39, 0.29) is 10.9 Å². The molecule has 1 atom stereocenters. The van der Waals surface area contributed by atoms with Crippen LogP contribution in [0.15, 0.2) is 23.1 Å². The Bertz CT molecular complexity index is 708. The summed E-state index contributed by atoms with van der Waals surface area (Å²) < 4.78 is 82.3. The van der Waals surface area contributed by atoms with Gasteiger partial charge in [-0.1, -0.05) is 17.7 Å². The number of hydrogen-bond donors (Lipinski definition) is 0. The van der Waals surface area contributed by atoms with E-state index < -0.39 is 50.4 Å². The number of esters is 1. The maximum atomic E-state index is 13.9. The fourth-order valence-electron chi connectivity index (χ4n) is 1.83. The molecule has 1 aromatic carbocycles. The summed E-state index contributed by atoms with van der Waals surface area (Å²) >= 11 is 5.47. The second-order valence-electron chi connectivity index (χ2n) is 4.64. The number of sulfonamides is 1. The maximum absolute atomic E-state index is 13.9. The molecule has 5 nitrogen and oxygen atoms in total. The number of halogens is 5. The number of ether oxygens (including phenoxy) is 1. The lowest BCUT2D eigenvalue weighted by molar-refractivity contribution is -0.179. The minimum atomic E-state index is -5.07. The predicted octanol–water partition coefficient (Wildman–Crippen LogP) is 2.98. The molecule has 136 valence electrons. The Kier molecular flexibility index (Phi) is 6.59. The van der Waals surface area contributed by atoms with E-state index >= 15 is 0 Å². The van der Waals surface area contributed by atoms with Crippen LogP contribution in [0.2, 0.25) is 5.02 Å². The van der Waals surface area contributed by atoms with Crippen molar-refractivity contribution in [2.45, 2.75) is 30.5 Å². The van der Waals surface area contributed by atoms with Crippen molar-refractivity contribution < 1.29 is 35.5 Å². The van der Waals surface area contributed by atoms with Gasteiger partial charge in [0.15, 0.2) is 5.82 Å². The molecule has 0 aliphatic rings. The van der Waals surface area contributed by atoms with Gasteiger partial charge in [0.2, 0.25) is 10.0 Å². The molecule has 0 saturated heterocycles. The monoisotopic (exact) mass is 391 g/mol. The van der Waals surface area contributed by atoms with Gasteiger partial charge in [0.1, 0.15) is 10.9 Å². The third-order valence-corrected chi connectivity index (χ3v) is 5.23. The third-order valence-electron chi connectivity index (χ3n) is 3.06. The Labute approximate surface area is 141 Å². The molecule has 0 aliphatic carbocycles. The second-order valence-corrected chi connectivity index (χ2v) is 7.01. The highest BCUT2D eigenvalue weighted by atomic mass is 35.5. The molecule has 1 aromatic rings. The Balaban J connectivity index is 3.28. The Morgan fingerprint density at radius 1 is 1.38 bits per heavy atom. The average Bonchev–Trinajstić information content (AvgIpc) is 2.45. The molecule has 0 heterocycles. The SMILES string of the molecule is CCOC(=O)C[C@H](N(C)S(=O)(=O)c1cccc(Cl)c1F)C(F)(F)F. The van der Waals surface area contributed by atoms with E-state index in [1.807, 2.05) is 0 Å². The van der Waals surface area contributed by atoms with E-state index in [0.717, 1.165) is 18.2 Å². The first-order valence-corrected chi connectivity index (χ1v) is 8.39. The molecule has 0 saturated carbocycles. The number of carbonyl (C=O) groups excluding carboxylic acids is 1. The average molecular weight is 392 g/mol. The molecule has 0 radical (unpaired) electrons. The van der Waals surface area contributed by atoms with Crippen molar-refractivity contribution in [1.29, 1.82) is 0 Å². The zero-order valence-corrected chi connectivity index (χ0v) is 14.2. The van der Waals surface area contributed by atoms with Gasteiger partial charge >= 0.3 is 12.1 Å². The van der Waals surface area contributed by atoms with Gasteiger partial charge in [-0.3, -0.25) is 4.79 Å². The summed E-state index contributed by atoms with van der Waals surface area (Å²) in [6.07, 6.45) is -6.32. The van der Waals surface area contributed by atoms with E-state index in [9.17, 15) is 30.8 Å². The van der Waals surface area contributed by atoms with E-state index in [0.29, 0.717) is 7.05 Å². The molecule has 1 rings (SSSR count). The Hall–Kier alpha value is -1.39. The van der Waals surface area contributed by atoms with Crippen LogP contribution in [0.5, 0.6) is 0 Å². The molecule has 0 unspecified atom stereocenters. The molecule has 0 aliphatic heterocycles. The van der Waals surface area contributed by atoms with Crippen molar-refractivity contribution in [3.05, 3.63) is 29.0 Å². The summed E-state index contributed by atoms with van der Waals surface area (Å²) in [5, 5.41) is -0.557. The lowest BCUT2D eigenvalue weighted by atomic mass is 10.2. The van der Waals surface area contributed by atoms with Crippen LogP contribution in [0.25, 0.3) is 0 Å². The van der Waals surface area contributed by atoms with Crippen molar-refractivity contribution in [2.24, 2.45) is 0 Å². The number of benzene rings is 1. The highest BCUT2D eigenvalue weighted by molar-refractivity contribution is 7.89. The van der Waals surface area contributed by atoms with Crippen molar-refractivity contribution in [3.8, 4) is 0 Å². The van der Waals surface area contributed by atoms with Crippen LogP contribution in [-0.2, 0) is 19.6 Å². The summed E-state index contributed by atoms with van der Waals surface area (Å²) in [6.45, 7) is 1.23. The van der Waals surface area contributed by atoms with Crippen molar-refractivity contribution in [1.82, 2.24) is 4.31 Å². The molecule has 0 spiro atoms. The van der Waals surface area contributed by atoms with Gasteiger partial charge < -0.3 is 4.74 Å². The number of nitrogens with zero attached hydrogens (tertiary/aromatic N) is 1. The fourth-order valence-corrected chi connectivity index (χ4v) is 3.49. The van der Waals surface area contributed by atoms with Gasteiger partial charge in [0, 0.05) is 7.05 Å². The van der Waals surface area contributed by atoms with Gasteiger partial charge in [-0.15, -0.1) is 0 Å². The summed E-state index contributed by atoms with van der Waals surface area (Å²) in [5.41, 5.74) is 0. The normalized spacial score (nSPS) is 13.8. The van der Waals surface area contributed by atoms with Gasteiger partial charge in [-0.05, 0) is 19.1 Å². The molecular weight excluding hydrogens is 378 g/mol. The summed E-state index contributed by atoms with van der Waals surface area (Å²) in [6, 6.07) is 0.209. The third kappa shape index (κ3) is 4.58. The predicted molar refractivity (Wildman–Crippen MR) is 77.5 cm³/mol. The van der Waals surface area contributed by atoms with Crippen LogP contribution >= 0.6 is 11.6 Å². The Morgan fingerprint density at radius 3 is 2.46 bits per heavy atom. The van der Waals surface area contributed by atoms with E-state index in [1.54, 1.807) is 0 Å². The zero-order chi connectivity index (χ0) is 18.7. The van der Waals surface area contributed by atoms with Crippen LogP contribution in [0.1, 0.15) is 13.3 Å². The first kappa shape index (κ1) is 20.7. The first-order valence-electron chi connectivity index (χ1n) is 6.57. The standard InChI is InChI=1S/C13H14ClF4NO4S/c1-3-23-11(20)7-10(13(16,17)18)19(2)24(21,22)9-6-4-5-8(14)12(9)15/h4-6,10H,3,7H2,1-2H3/t10-/m0/s1. The molecule has 0 N–H and O–H groups in total. The molecule has 24 heavy (non-hydrogen) atoms. The smallest absolute Gasteiger partial charge is 0.405 e. The van der Waals surface area contributed by atoms with Crippen molar-refractivity contribution in [3.63, 3.8) is 0 Å². The van der Waals surface area contributed by atoms with Gasteiger partial charge in [-0.2, -0.15) is 17.5 Å². The van der Waals surface area contributed by atoms with Crippen LogP contribution in [0.4, 0.5) is 17.6 Å². The van der Waals surface area contributed by atoms with Crippen molar-refractivity contribution >= 4 is 27.6 Å². The summed E-state index contributed by atoms with van der Waals surface area (Å²) in [4.78, 5) is 10.3. The molecule has 0 amide bonds. The first-order chi connectivity index (χ1) is 10.9. The highest BCUT2D eigenvalue weighted by Gasteiger charge is 2.48. The lowest BCUT2D eigenvalue weighted by Crippen LogP contribution is -2.48. The zero-order valence-electron chi connectivity index (χ0n) is 12.6. The van der Waals surface area contributed by atoms with Crippen LogP contribution in [-0.4, -0.2) is 44.6 Å². The van der Waals surface area contributed by atoms with Crippen LogP contribution in [0, 0.1) is 5.82 Å². The molecule has 0 aromatic heterocycles. The summed E-state index contributed by atoms with van der Waals surface area (Å²) in [7, 11) is -4.28. The topological polar surface area (TPSA) is 63.7 Å².